The lowest BCUT2D eigenvalue weighted by Crippen LogP contribution is -2.23. The van der Waals surface area contributed by atoms with Crippen LogP contribution in [0.15, 0.2) is 4.99 Å². The van der Waals surface area contributed by atoms with Gasteiger partial charge in [0.05, 0.1) is 7.11 Å². The highest BCUT2D eigenvalue weighted by molar-refractivity contribution is 5.96. The number of hydrogen-bond acceptors (Lipinski definition) is 4. The van der Waals surface area contributed by atoms with Crippen LogP contribution >= 0.6 is 0 Å². The van der Waals surface area contributed by atoms with Crippen molar-refractivity contribution in [2.75, 3.05) is 7.11 Å². The third-order valence-corrected chi connectivity index (χ3v) is 1.27. The first-order valence-corrected chi connectivity index (χ1v) is 3.60. The first-order chi connectivity index (χ1) is 6.47. The lowest BCUT2D eigenvalue weighted by molar-refractivity contribution is -0.140. The third kappa shape index (κ3) is 4.86. The number of nitrogens with two attached hydrogens (primary N) is 1. The van der Waals surface area contributed by atoms with Gasteiger partial charge in [0.2, 0.25) is 5.91 Å². The summed E-state index contributed by atoms with van der Waals surface area (Å²) in [5.41, 5.74) is 4.79. The molecule has 0 radical (unpaired) electrons. The summed E-state index contributed by atoms with van der Waals surface area (Å²) < 4.78 is 4.14. The number of nitrogens with zero attached hydrogens (tertiary/aromatic N) is 1. The van der Waals surface area contributed by atoms with Gasteiger partial charge >= 0.3 is 12.1 Å². The molecule has 78 valence electrons. The molecule has 0 rings (SSSR count). The number of carboxylic acid groups (broad SMARTS) is 1. The molecule has 0 aromatic rings. The van der Waals surface area contributed by atoms with E-state index in [-0.39, 0.29) is 0 Å². The van der Waals surface area contributed by atoms with Crippen LogP contribution in [0.25, 0.3) is 0 Å². The highest BCUT2D eigenvalue weighted by Gasteiger charge is 2.17. The van der Waals surface area contributed by atoms with Gasteiger partial charge in [-0.2, -0.15) is 4.99 Å². The van der Waals surface area contributed by atoms with E-state index in [1.165, 1.54) is 0 Å². The van der Waals surface area contributed by atoms with Crippen LogP contribution in [-0.2, 0) is 14.3 Å². The summed E-state index contributed by atoms with van der Waals surface area (Å²) in [6.45, 7) is 0. The smallest absolute Gasteiger partial charge is 0.432 e. The summed E-state index contributed by atoms with van der Waals surface area (Å²) in [5.74, 6) is -3.27. The predicted octanol–water partition coefficient (Wildman–Crippen LogP) is -0.600. The molecule has 2 amide bonds. The predicted molar refractivity (Wildman–Crippen MR) is 45.8 cm³/mol. The molecular weight excluding hydrogens is 192 g/mol. The van der Waals surface area contributed by atoms with Gasteiger partial charge < -0.3 is 15.6 Å². The molecule has 3 N–H and O–H groups in total. The Morgan fingerprint density at radius 3 is 2.50 bits per heavy atom. The quantitative estimate of drug-likeness (QED) is 0.590. The van der Waals surface area contributed by atoms with E-state index < -0.39 is 30.3 Å². The minimum absolute atomic E-state index is 0.407. The molecule has 7 heteroatoms. The summed E-state index contributed by atoms with van der Waals surface area (Å²) in [4.78, 5) is 34.5. The Bertz CT molecular complexity index is 273. The maximum absolute atomic E-state index is 10.5. The topological polar surface area (TPSA) is 119 Å². The minimum atomic E-state index is -1.28. The van der Waals surface area contributed by atoms with Gasteiger partial charge in [-0.3, -0.25) is 9.59 Å². The van der Waals surface area contributed by atoms with Gasteiger partial charge in [0.1, 0.15) is 5.92 Å². The van der Waals surface area contributed by atoms with E-state index in [0.29, 0.717) is 0 Å². The summed E-state index contributed by atoms with van der Waals surface area (Å²) >= 11 is 0. The standard InChI is InChI=1S/C7H10N2O5/c1-14-7(13)9-3-4(6(11)12)2-5(8)10/h3-4H,2H2,1H3,(H2,8,10)(H,11,12). The molecular formula is C7H10N2O5. The van der Waals surface area contributed by atoms with Crippen molar-refractivity contribution in [3.05, 3.63) is 0 Å². The Hall–Kier alpha value is -1.92. The Morgan fingerprint density at radius 1 is 1.57 bits per heavy atom. The summed E-state index contributed by atoms with van der Waals surface area (Å²) in [6, 6.07) is 0. The van der Waals surface area contributed by atoms with Crippen LogP contribution in [0.3, 0.4) is 0 Å². The molecule has 1 atom stereocenters. The summed E-state index contributed by atoms with van der Waals surface area (Å²) in [7, 11) is 1.10. The van der Waals surface area contributed by atoms with Crippen molar-refractivity contribution in [2.45, 2.75) is 6.42 Å². The SMILES string of the molecule is COC(=O)N=CC(CC(N)=O)C(=O)O. The number of carboxylic acids is 1. The van der Waals surface area contributed by atoms with E-state index in [9.17, 15) is 14.4 Å². The van der Waals surface area contributed by atoms with Gasteiger partial charge in [0, 0.05) is 12.6 Å². The highest BCUT2D eigenvalue weighted by atomic mass is 16.5. The first-order valence-electron chi connectivity index (χ1n) is 3.60. The molecule has 0 fully saturated rings. The van der Waals surface area contributed by atoms with Crippen molar-refractivity contribution in [1.29, 1.82) is 0 Å². The largest absolute Gasteiger partial charge is 0.481 e. The van der Waals surface area contributed by atoms with Crippen LogP contribution in [-0.4, -0.2) is 36.4 Å². The van der Waals surface area contributed by atoms with Crippen LogP contribution in [0.1, 0.15) is 6.42 Å². The van der Waals surface area contributed by atoms with Gasteiger partial charge in [-0.15, -0.1) is 0 Å². The molecule has 0 aromatic carbocycles. The second-order valence-corrected chi connectivity index (χ2v) is 2.36. The van der Waals surface area contributed by atoms with Crippen LogP contribution in [0.4, 0.5) is 4.79 Å². The molecule has 1 unspecified atom stereocenters. The number of hydrogen-bond donors (Lipinski definition) is 2. The van der Waals surface area contributed by atoms with Gasteiger partial charge in [-0.1, -0.05) is 0 Å². The molecule has 0 aliphatic heterocycles. The Labute approximate surface area is 79.6 Å². The van der Waals surface area contributed by atoms with Crippen molar-refractivity contribution in [1.82, 2.24) is 0 Å². The van der Waals surface area contributed by atoms with E-state index in [2.05, 4.69) is 9.73 Å². The second kappa shape index (κ2) is 5.68. The number of carbonyl (C=O) groups is 3. The van der Waals surface area contributed by atoms with E-state index in [1.54, 1.807) is 0 Å². The number of rotatable bonds is 4. The normalized spacial score (nSPS) is 12.4. The fourth-order valence-corrected chi connectivity index (χ4v) is 0.624. The zero-order valence-electron chi connectivity index (χ0n) is 7.47. The number of ether oxygens (including phenoxy) is 1. The highest BCUT2D eigenvalue weighted by Crippen LogP contribution is 1.99. The van der Waals surface area contributed by atoms with Crippen LogP contribution in [0.2, 0.25) is 0 Å². The fraction of sp³-hybridized carbons (Fsp3) is 0.429. The van der Waals surface area contributed by atoms with E-state index >= 15 is 0 Å². The minimum Gasteiger partial charge on any atom is -0.481 e. The second-order valence-electron chi connectivity index (χ2n) is 2.36. The maximum Gasteiger partial charge on any atom is 0.432 e. The van der Waals surface area contributed by atoms with Crippen molar-refractivity contribution in [3.8, 4) is 0 Å². The molecule has 0 spiro atoms. The summed E-state index contributed by atoms with van der Waals surface area (Å²) in [6.07, 6.45) is -0.518. The lowest BCUT2D eigenvalue weighted by atomic mass is 10.1. The number of aliphatic carboxylic acids is 1. The molecule has 0 aliphatic carbocycles. The number of amides is 2. The van der Waals surface area contributed by atoms with E-state index in [1.807, 2.05) is 0 Å². The average molecular weight is 202 g/mol. The van der Waals surface area contributed by atoms with E-state index in [0.717, 1.165) is 13.3 Å². The number of methoxy groups -OCH3 is 1. The number of primary amides is 1. The maximum atomic E-state index is 10.5. The van der Waals surface area contributed by atoms with Gasteiger partial charge in [-0.25, -0.2) is 4.79 Å². The molecule has 0 saturated heterocycles. The molecule has 0 aliphatic rings. The monoisotopic (exact) mass is 202 g/mol. The van der Waals surface area contributed by atoms with Crippen LogP contribution < -0.4 is 5.73 Å². The molecule has 7 nitrogen and oxygen atoms in total. The molecule has 14 heavy (non-hydrogen) atoms. The zero-order valence-corrected chi connectivity index (χ0v) is 7.47. The molecule has 0 saturated carbocycles. The first kappa shape index (κ1) is 12.1. The van der Waals surface area contributed by atoms with Crippen molar-refractivity contribution in [3.63, 3.8) is 0 Å². The Balaban J connectivity index is 4.37. The number of aliphatic imine (C=N–C) groups is 1. The van der Waals surface area contributed by atoms with Crippen molar-refractivity contribution in [2.24, 2.45) is 16.6 Å². The van der Waals surface area contributed by atoms with Crippen LogP contribution in [0, 0.1) is 5.92 Å². The Kier molecular flexibility index (Phi) is 4.90. The molecule has 0 bridgehead atoms. The fourth-order valence-electron chi connectivity index (χ4n) is 0.624. The Morgan fingerprint density at radius 2 is 2.14 bits per heavy atom. The lowest BCUT2D eigenvalue weighted by Gasteiger charge is -2.02. The van der Waals surface area contributed by atoms with Gasteiger partial charge in [0.15, 0.2) is 0 Å². The zero-order chi connectivity index (χ0) is 11.1. The average Bonchev–Trinajstić information content (AvgIpc) is 2.10. The van der Waals surface area contributed by atoms with Crippen molar-refractivity contribution < 1.29 is 24.2 Å². The molecule has 0 heterocycles. The number of carbonyl (C=O) groups excluding carboxylic acids is 2. The van der Waals surface area contributed by atoms with Gasteiger partial charge in [-0.05, 0) is 0 Å². The van der Waals surface area contributed by atoms with Crippen molar-refractivity contribution >= 4 is 24.2 Å². The van der Waals surface area contributed by atoms with E-state index in [4.69, 9.17) is 10.8 Å². The summed E-state index contributed by atoms with van der Waals surface area (Å²) in [5, 5.41) is 8.56. The van der Waals surface area contributed by atoms with Crippen LogP contribution in [0.5, 0.6) is 0 Å². The molecule has 0 aromatic heterocycles. The van der Waals surface area contributed by atoms with Gasteiger partial charge in [0.25, 0.3) is 0 Å². The third-order valence-electron chi connectivity index (χ3n) is 1.27.